The fraction of sp³-hybridized carbons (Fsp3) is 0.429. The maximum absolute atomic E-state index is 13.8. The van der Waals surface area contributed by atoms with E-state index in [1.807, 2.05) is 18.2 Å². The molecular weight excluding hydrogens is 372 g/mol. The van der Waals surface area contributed by atoms with Crippen LogP contribution in [0.3, 0.4) is 0 Å². The summed E-state index contributed by atoms with van der Waals surface area (Å²) in [5.41, 5.74) is 1.07. The van der Waals surface area contributed by atoms with E-state index >= 15 is 0 Å². The van der Waals surface area contributed by atoms with E-state index in [2.05, 4.69) is 11.9 Å². The molecule has 0 spiro atoms. The first-order valence-electron chi connectivity index (χ1n) is 9.09. The number of benzene rings is 2. The molecule has 138 valence electrons. The third-order valence-electron chi connectivity index (χ3n) is 6.06. The average Bonchev–Trinajstić information content (AvgIpc) is 2.87. The Morgan fingerprint density at radius 3 is 2.77 bits per heavy atom. The van der Waals surface area contributed by atoms with Crippen molar-refractivity contribution in [2.75, 3.05) is 13.7 Å². The van der Waals surface area contributed by atoms with Crippen LogP contribution in [0.4, 0.5) is 4.39 Å². The fourth-order valence-electron chi connectivity index (χ4n) is 4.71. The number of rotatable bonds is 4. The minimum absolute atomic E-state index is 0.175. The van der Waals surface area contributed by atoms with E-state index in [4.69, 9.17) is 27.9 Å². The first-order valence-corrected chi connectivity index (χ1v) is 9.84. The van der Waals surface area contributed by atoms with Crippen LogP contribution in [0.5, 0.6) is 5.75 Å². The van der Waals surface area contributed by atoms with Crippen LogP contribution in [0.2, 0.25) is 10.0 Å². The molecule has 2 aliphatic heterocycles. The standard InChI is InChI=1S/C21H22Cl2FNO/c1-25-15-8-9-19(25)17(12-26-20-7-3-6-18(22)21(20)23)16(11-15)13-4-2-5-14(24)10-13/h2-7,10,15-17,19H,8-9,11-12H2,1H3/t15?,16-,17-,19?/m1/s1. The summed E-state index contributed by atoms with van der Waals surface area (Å²) in [5, 5.41) is 0.942. The maximum atomic E-state index is 13.8. The summed E-state index contributed by atoms with van der Waals surface area (Å²) in [6, 6.07) is 13.5. The Hall–Kier alpha value is -1.29. The Morgan fingerprint density at radius 2 is 1.96 bits per heavy atom. The van der Waals surface area contributed by atoms with E-state index in [-0.39, 0.29) is 17.7 Å². The summed E-state index contributed by atoms with van der Waals surface area (Å²) in [6.07, 6.45) is 3.39. The van der Waals surface area contributed by atoms with Crippen LogP contribution in [-0.4, -0.2) is 30.6 Å². The molecule has 0 radical (unpaired) electrons. The van der Waals surface area contributed by atoms with Gasteiger partial charge in [0, 0.05) is 18.0 Å². The number of halogens is 3. The Labute approximate surface area is 163 Å². The zero-order valence-corrected chi connectivity index (χ0v) is 16.2. The lowest BCUT2D eigenvalue weighted by atomic mass is 9.76. The molecule has 2 aliphatic rings. The Kier molecular flexibility index (Phi) is 5.13. The number of nitrogens with zero attached hydrogens (tertiary/aromatic N) is 1. The molecule has 2 saturated heterocycles. The van der Waals surface area contributed by atoms with Gasteiger partial charge >= 0.3 is 0 Å². The molecule has 0 saturated carbocycles. The number of hydrogen-bond donors (Lipinski definition) is 0. The molecule has 2 aromatic rings. The van der Waals surface area contributed by atoms with Gasteiger partial charge < -0.3 is 9.64 Å². The summed E-state index contributed by atoms with van der Waals surface area (Å²) >= 11 is 12.4. The highest BCUT2D eigenvalue weighted by Gasteiger charge is 2.46. The smallest absolute Gasteiger partial charge is 0.139 e. The number of hydrogen-bond acceptors (Lipinski definition) is 2. The topological polar surface area (TPSA) is 12.5 Å². The SMILES string of the molecule is CN1C2CCC1[C@H](COc1cccc(Cl)c1Cl)[C@@H](c1cccc(F)c1)C2. The van der Waals surface area contributed by atoms with Crippen molar-refractivity contribution < 1.29 is 9.13 Å². The van der Waals surface area contributed by atoms with E-state index in [0.717, 1.165) is 18.4 Å². The predicted molar refractivity (Wildman–Crippen MR) is 104 cm³/mol. The van der Waals surface area contributed by atoms with Crippen LogP contribution >= 0.6 is 23.2 Å². The van der Waals surface area contributed by atoms with E-state index in [9.17, 15) is 4.39 Å². The maximum Gasteiger partial charge on any atom is 0.139 e. The second-order valence-electron chi connectivity index (χ2n) is 7.39. The molecule has 0 amide bonds. The zero-order valence-electron chi connectivity index (χ0n) is 14.7. The van der Waals surface area contributed by atoms with Crippen molar-refractivity contribution >= 4 is 23.2 Å². The quantitative estimate of drug-likeness (QED) is 0.652. The first-order chi connectivity index (χ1) is 12.5. The highest BCUT2D eigenvalue weighted by Crippen LogP contribution is 2.46. The molecule has 0 aromatic heterocycles. The van der Waals surface area contributed by atoms with Gasteiger partial charge in [-0.05, 0) is 62.1 Å². The van der Waals surface area contributed by atoms with Crippen molar-refractivity contribution in [3.63, 3.8) is 0 Å². The second-order valence-corrected chi connectivity index (χ2v) is 8.17. The molecule has 0 aliphatic carbocycles. The van der Waals surface area contributed by atoms with Crippen LogP contribution in [-0.2, 0) is 0 Å². The van der Waals surface area contributed by atoms with Crippen LogP contribution in [0.1, 0.15) is 30.7 Å². The number of ether oxygens (including phenoxy) is 1. The summed E-state index contributed by atoms with van der Waals surface area (Å²) < 4.78 is 19.9. The first kappa shape index (κ1) is 18.1. The number of piperidine rings is 1. The average molecular weight is 394 g/mol. The molecule has 4 rings (SSSR count). The molecular formula is C21H22Cl2FNO. The van der Waals surface area contributed by atoms with Crippen molar-refractivity contribution in [3.05, 3.63) is 63.9 Å². The van der Waals surface area contributed by atoms with E-state index in [0.29, 0.717) is 34.5 Å². The van der Waals surface area contributed by atoms with Crippen LogP contribution in [0, 0.1) is 11.7 Å². The van der Waals surface area contributed by atoms with Gasteiger partial charge in [-0.1, -0.05) is 41.4 Å². The van der Waals surface area contributed by atoms with Crippen LogP contribution < -0.4 is 4.74 Å². The van der Waals surface area contributed by atoms with E-state index in [1.54, 1.807) is 18.2 Å². The Bertz CT molecular complexity index is 799. The summed E-state index contributed by atoms with van der Waals surface area (Å²) in [5.74, 6) is 1.01. The van der Waals surface area contributed by atoms with Gasteiger partial charge in [-0.15, -0.1) is 0 Å². The molecule has 26 heavy (non-hydrogen) atoms. The predicted octanol–water partition coefficient (Wildman–Crippen LogP) is 5.78. The van der Waals surface area contributed by atoms with Gasteiger partial charge in [0.15, 0.2) is 0 Å². The van der Waals surface area contributed by atoms with Gasteiger partial charge in [-0.3, -0.25) is 0 Å². The molecule has 5 heteroatoms. The largest absolute Gasteiger partial charge is 0.492 e. The molecule has 2 fully saturated rings. The molecule has 0 N–H and O–H groups in total. The van der Waals surface area contributed by atoms with Crippen LogP contribution in [0.25, 0.3) is 0 Å². The van der Waals surface area contributed by atoms with Gasteiger partial charge in [0.1, 0.15) is 16.6 Å². The van der Waals surface area contributed by atoms with Crippen molar-refractivity contribution in [2.24, 2.45) is 5.92 Å². The van der Waals surface area contributed by atoms with Gasteiger partial charge in [0.2, 0.25) is 0 Å². The van der Waals surface area contributed by atoms with Gasteiger partial charge in [0.25, 0.3) is 0 Å². The molecule has 2 bridgehead atoms. The van der Waals surface area contributed by atoms with Crippen molar-refractivity contribution in [1.29, 1.82) is 0 Å². The fourth-order valence-corrected chi connectivity index (χ4v) is 5.05. The Balaban J connectivity index is 1.60. The third kappa shape index (κ3) is 3.33. The van der Waals surface area contributed by atoms with Crippen molar-refractivity contribution in [2.45, 2.75) is 37.3 Å². The van der Waals surface area contributed by atoms with Gasteiger partial charge in [0.05, 0.1) is 11.6 Å². The van der Waals surface area contributed by atoms with Crippen molar-refractivity contribution in [3.8, 4) is 5.75 Å². The normalized spacial score (nSPS) is 28.3. The Morgan fingerprint density at radius 1 is 1.15 bits per heavy atom. The molecule has 2 heterocycles. The molecule has 4 atom stereocenters. The number of fused-ring (bicyclic) bond motifs is 2. The lowest BCUT2D eigenvalue weighted by molar-refractivity contribution is 0.0665. The summed E-state index contributed by atoms with van der Waals surface area (Å²) in [4.78, 5) is 2.48. The lowest BCUT2D eigenvalue weighted by Gasteiger charge is -2.43. The minimum Gasteiger partial charge on any atom is -0.492 e. The molecule has 2 unspecified atom stereocenters. The van der Waals surface area contributed by atoms with E-state index < -0.39 is 0 Å². The van der Waals surface area contributed by atoms with Gasteiger partial charge in [-0.2, -0.15) is 0 Å². The van der Waals surface area contributed by atoms with Crippen molar-refractivity contribution in [1.82, 2.24) is 4.90 Å². The lowest BCUT2D eigenvalue weighted by Crippen LogP contribution is -2.47. The summed E-state index contributed by atoms with van der Waals surface area (Å²) in [6.45, 7) is 0.545. The second kappa shape index (κ2) is 7.38. The molecule has 2 nitrogen and oxygen atoms in total. The van der Waals surface area contributed by atoms with Gasteiger partial charge in [-0.25, -0.2) is 4.39 Å². The monoisotopic (exact) mass is 393 g/mol. The zero-order chi connectivity index (χ0) is 18.3. The van der Waals surface area contributed by atoms with Crippen LogP contribution in [0.15, 0.2) is 42.5 Å². The summed E-state index contributed by atoms with van der Waals surface area (Å²) in [7, 11) is 2.20. The minimum atomic E-state index is -0.175. The van der Waals surface area contributed by atoms with E-state index in [1.165, 1.54) is 12.5 Å². The highest BCUT2D eigenvalue weighted by molar-refractivity contribution is 6.42. The molecule has 2 aromatic carbocycles. The highest BCUT2D eigenvalue weighted by atomic mass is 35.5. The third-order valence-corrected chi connectivity index (χ3v) is 6.86.